The normalized spacial score (nSPS) is 10.5. The molecule has 1 heterocycles. The lowest BCUT2D eigenvalue weighted by Crippen LogP contribution is -1.95. The number of rotatable bonds is 3. The lowest BCUT2D eigenvalue weighted by atomic mass is 10.1. The van der Waals surface area contributed by atoms with E-state index in [1.54, 1.807) is 30.3 Å². The highest BCUT2D eigenvalue weighted by atomic mass is 19.1. The van der Waals surface area contributed by atoms with Crippen molar-refractivity contribution in [2.24, 2.45) is 0 Å². The summed E-state index contributed by atoms with van der Waals surface area (Å²) in [5.74, 6) is -0.871. The van der Waals surface area contributed by atoms with Gasteiger partial charge in [-0.1, -0.05) is 17.3 Å². The summed E-state index contributed by atoms with van der Waals surface area (Å²) in [5.41, 5.74) is 2.08. The van der Waals surface area contributed by atoms with Crippen molar-refractivity contribution in [3.63, 3.8) is 0 Å². The van der Waals surface area contributed by atoms with Crippen molar-refractivity contribution in [3.05, 3.63) is 66.0 Å². The third-order valence-corrected chi connectivity index (χ3v) is 3.04. The molecule has 1 aromatic heterocycles. The highest BCUT2D eigenvalue weighted by Gasteiger charge is 2.11. The molecule has 4 nitrogen and oxygen atoms in total. The highest BCUT2D eigenvalue weighted by Crippen LogP contribution is 2.26. The summed E-state index contributed by atoms with van der Waals surface area (Å²) >= 11 is 0. The maximum Gasteiger partial charge on any atom is 0.335 e. The summed E-state index contributed by atoms with van der Waals surface area (Å²) in [7, 11) is 0. The highest BCUT2D eigenvalue weighted by molar-refractivity contribution is 5.89. The van der Waals surface area contributed by atoms with Crippen LogP contribution in [0.25, 0.3) is 22.6 Å². The number of hydrogen-bond acceptors (Lipinski definition) is 3. The van der Waals surface area contributed by atoms with Crippen molar-refractivity contribution in [2.45, 2.75) is 0 Å². The van der Waals surface area contributed by atoms with Gasteiger partial charge in [0.2, 0.25) is 0 Å². The van der Waals surface area contributed by atoms with Gasteiger partial charge in [-0.2, -0.15) is 0 Å². The Balaban J connectivity index is 1.96. The molecule has 0 unspecified atom stereocenters. The third kappa shape index (κ3) is 2.67. The zero-order valence-corrected chi connectivity index (χ0v) is 10.8. The van der Waals surface area contributed by atoms with Gasteiger partial charge in [-0.25, -0.2) is 9.18 Å². The van der Waals surface area contributed by atoms with E-state index in [-0.39, 0.29) is 11.4 Å². The van der Waals surface area contributed by atoms with Crippen molar-refractivity contribution >= 4 is 5.97 Å². The minimum atomic E-state index is -1.00. The van der Waals surface area contributed by atoms with Gasteiger partial charge < -0.3 is 9.63 Å². The molecule has 3 rings (SSSR count). The molecule has 0 fully saturated rings. The van der Waals surface area contributed by atoms with Crippen LogP contribution in [0.15, 0.2) is 59.1 Å². The predicted molar refractivity (Wildman–Crippen MR) is 74.3 cm³/mol. The van der Waals surface area contributed by atoms with Crippen molar-refractivity contribution in [2.75, 3.05) is 0 Å². The molecular weight excluding hydrogens is 273 g/mol. The first-order valence-corrected chi connectivity index (χ1v) is 6.20. The smallest absolute Gasteiger partial charge is 0.335 e. The second-order valence-electron chi connectivity index (χ2n) is 4.47. The van der Waals surface area contributed by atoms with E-state index in [1.165, 1.54) is 24.3 Å². The van der Waals surface area contributed by atoms with Crippen molar-refractivity contribution in [3.8, 4) is 22.6 Å². The van der Waals surface area contributed by atoms with E-state index in [2.05, 4.69) is 5.16 Å². The molecule has 1 N–H and O–H groups in total. The van der Waals surface area contributed by atoms with E-state index in [0.29, 0.717) is 17.0 Å². The van der Waals surface area contributed by atoms with Crippen molar-refractivity contribution in [1.29, 1.82) is 0 Å². The van der Waals surface area contributed by atoms with E-state index >= 15 is 0 Å². The first-order chi connectivity index (χ1) is 10.1. The number of carboxylic acid groups (broad SMARTS) is 1. The van der Waals surface area contributed by atoms with Gasteiger partial charge in [0.15, 0.2) is 5.76 Å². The Morgan fingerprint density at radius 1 is 1.05 bits per heavy atom. The van der Waals surface area contributed by atoms with Crippen LogP contribution in [0.4, 0.5) is 4.39 Å². The SMILES string of the molecule is O=C(O)c1cccc(-c2cc(-c3ccc(F)cc3)no2)c1. The maximum atomic E-state index is 12.9. The van der Waals surface area contributed by atoms with Crippen LogP contribution in [0.2, 0.25) is 0 Å². The van der Waals surface area contributed by atoms with Crippen LogP contribution in [0, 0.1) is 5.82 Å². The van der Waals surface area contributed by atoms with Gasteiger partial charge in [0.1, 0.15) is 11.5 Å². The standard InChI is InChI=1S/C16H10FNO3/c17-13-6-4-10(5-7-13)14-9-15(21-18-14)11-2-1-3-12(8-11)16(19)20/h1-9H,(H,19,20). The van der Waals surface area contributed by atoms with Gasteiger partial charge in [0.05, 0.1) is 5.56 Å². The number of halogens is 1. The van der Waals surface area contributed by atoms with Crippen LogP contribution in [0.5, 0.6) is 0 Å². The fourth-order valence-corrected chi connectivity index (χ4v) is 1.97. The number of benzene rings is 2. The van der Waals surface area contributed by atoms with Crippen LogP contribution >= 0.6 is 0 Å². The van der Waals surface area contributed by atoms with Gasteiger partial charge in [0, 0.05) is 17.2 Å². The Bertz CT molecular complexity index is 793. The van der Waals surface area contributed by atoms with E-state index in [4.69, 9.17) is 9.63 Å². The van der Waals surface area contributed by atoms with Crippen LogP contribution in [-0.4, -0.2) is 16.2 Å². The molecule has 104 valence electrons. The zero-order chi connectivity index (χ0) is 14.8. The summed E-state index contributed by atoms with van der Waals surface area (Å²) in [4.78, 5) is 11.0. The number of aromatic nitrogens is 1. The minimum absolute atomic E-state index is 0.173. The van der Waals surface area contributed by atoms with Crippen LogP contribution in [0.3, 0.4) is 0 Å². The maximum absolute atomic E-state index is 12.9. The van der Waals surface area contributed by atoms with E-state index in [0.717, 1.165) is 5.56 Å². The minimum Gasteiger partial charge on any atom is -0.478 e. The van der Waals surface area contributed by atoms with Crippen LogP contribution < -0.4 is 0 Å². The van der Waals surface area contributed by atoms with E-state index in [9.17, 15) is 9.18 Å². The zero-order valence-electron chi connectivity index (χ0n) is 10.8. The topological polar surface area (TPSA) is 63.3 Å². The molecule has 0 saturated carbocycles. The van der Waals surface area contributed by atoms with Crippen molar-refractivity contribution < 1.29 is 18.8 Å². The average molecular weight is 283 g/mol. The molecule has 0 aliphatic rings. The summed E-state index contributed by atoms with van der Waals surface area (Å²) in [6.45, 7) is 0. The molecular formula is C16H10FNO3. The molecule has 0 spiro atoms. The van der Waals surface area contributed by atoms with Gasteiger partial charge in [0.25, 0.3) is 0 Å². The first-order valence-electron chi connectivity index (χ1n) is 6.20. The Kier molecular flexibility index (Phi) is 3.23. The molecule has 0 radical (unpaired) electrons. The molecule has 0 amide bonds. The fourth-order valence-electron chi connectivity index (χ4n) is 1.97. The monoisotopic (exact) mass is 283 g/mol. The third-order valence-electron chi connectivity index (χ3n) is 3.04. The van der Waals surface area contributed by atoms with E-state index in [1.807, 2.05) is 0 Å². The second-order valence-corrected chi connectivity index (χ2v) is 4.47. The first kappa shape index (κ1) is 13.1. The van der Waals surface area contributed by atoms with Crippen LogP contribution in [0.1, 0.15) is 10.4 Å². The van der Waals surface area contributed by atoms with E-state index < -0.39 is 5.97 Å². The molecule has 3 aromatic rings. The largest absolute Gasteiger partial charge is 0.478 e. The molecule has 21 heavy (non-hydrogen) atoms. The lowest BCUT2D eigenvalue weighted by molar-refractivity contribution is 0.0697. The Morgan fingerprint density at radius 3 is 2.52 bits per heavy atom. The summed E-state index contributed by atoms with van der Waals surface area (Å²) in [5, 5.41) is 12.9. The molecule has 0 atom stereocenters. The average Bonchev–Trinajstić information content (AvgIpc) is 2.98. The van der Waals surface area contributed by atoms with Gasteiger partial charge in [-0.15, -0.1) is 0 Å². The molecule has 0 saturated heterocycles. The van der Waals surface area contributed by atoms with Gasteiger partial charge in [-0.3, -0.25) is 0 Å². The molecule has 0 aliphatic heterocycles. The number of nitrogens with zero attached hydrogens (tertiary/aromatic N) is 1. The fraction of sp³-hybridized carbons (Fsp3) is 0. The van der Waals surface area contributed by atoms with Gasteiger partial charge in [-0.05, 0) is 36.4 Å². The predicted octanol–water partition coefficient (Wildman–Crippen LogP) is 3.85. The summed E-state index contributed by atoms with van der Waals surface area (Å²) in [6, 6.07) is 14.0. The Labute approximate surface area is 119 Å². The number of aromatic carboxylic acids is 1. The summed E-state index contributed by atoms with van der Waals surface area (Å²) in [6.07, 6.45) is 0. The number of hydrogen-bond donors (Lipinski definition) is 1. The van der Waals surface area contributed by atoms with Gasteiger partial charge >= 0.3 is 5.97 Å². The Hall–Kier alpha value is -2.95. The number of carboxylic acids is 1. The summed E-state index contributed by atoms with van der Waals surface area (Å²) < 4.78 is 18.1. The number of carbonyl (C=O) groups is 1. The second kappa shape index (κ2) is 5.20. The Morgan fingerprint density at radius 2 is 1.81 bits per heavy atom. The molecule has 5 heteroatoms. The molecule has 2 aromatic carbocycles. The quantitative estimate of drug-likeness (QED) is 0.793. The van der Waals surface area contributed by atoms with Crippen molar-refractivity contribution in [1.82, 2.24) is 5.16 Å². The molecule has 0 aliphatic carbocycles. The lowest BCUT2D eigenvalue weighted by Gasteiger charge is -1.97. The van der Waals surface area contributed by atoms with Crippen LogP contribution in [-0.2, 0) is 0 Å². The molecule has 0 bridgehead atoms.